The van der Waals surface area contributed by atoms with Gasteiger partial charge in [-0.25, -0.2) is 0 Å². The molecule has 6 aromatic carbocycles. The first-order chi connectivity index (χ1) is 33.0. The van der Waals surface area contributed by atoms with Gasteiger partial charge in [0.15, 0.2) is 0 Å². The highest BCUT2D eigenvalue weighted by Gasteiger charge is 2.51. The first-order valence-electron chi connectivity index (χ1n) is 26.9. The average Bonchev–Trinajstić information content (AvgIpc) is 3.70. The third-order valence-corrected chi connectivity index (χ3v) is 20.9. The zero-order valence-corrected chi connectivity index (χ0v) is 45.2. The highest BCUT2D eigenvalue weighted by Crippen LogP contribution is 2.59. The van der Waals surface area contributed by atoms with E-state index in [0.29, 0.717) is 0 Å². The average molecular weight is 937 g/mol. The summed E-state index contributed by atoms with van der Waals surface area (Å²) in [6.07, 6.45) is 9.90. The molecule has 1 fully saturated rings. The Balaban J connectivity index is 1.18. The Labute approximate surface area is 424 Å². The summed E-state index contributed by atoms with van der Waals surface area (Å²) in [5, 5.41) is 2.87. The first-order valence-corrected chi connectivity index (χ1v) is 27.7. The number of hydrogen-bond acceptors (Lipinski definition) is 3. The second-order valence-electron chi connectivity index (χ2n) is 27.3. The van der Waals surface area contributed by atoms with Crippen molar-refractivity contribution in [3.8, 4) is 11.1 Å². The molecule has 2 bridgehead atoms. The third kappa shape index (κ3) is 6.29. The summed E-state index contributed by atoms with van der Waals surface area (Å²) in [6.45, 7) is 32.2. The standard InChI is InChI=1S/C66H73BN2S/c1-60(2,3)42-19-21-43(22-20-42)68-53-38-49-48(63(8,9)27-28-64(49,10)11)37-52(53)67-57-45-36-50-51(66(13)31-29-65(50,12)30-32-66)39-56(45)70-59(57)69(44-23-24-46-47(35-44)62(6,7)26-25-61(46,4)5)55-34-41(33-54(68)58(55)67)40-17-15-14-16-18-40/h14-24,33-39H,25-32H2,1-13H3. The quantitative estimate of drug-likeness (QED) is 0.163. The zero-order valence-electron chi connectivity index (χ0n) is 44.4. The van der Waals surface area contributed by atoms with E-state index in [1.54, 1.807) is 11.1 Å². The van der Waals surface area contributed by atoms with Crippen LogP contribution in [0.1, 0.15) is 180 Å². The molecule has 0 N–H and O–H groups in total. The zero-order chi connectivity index (χ0) is 48.9. The topological polar surface area (TPSA) is 6.48 Å². The van der Waals surface area contributed by atoms with Crippen molar-refractivity contribution in [1.82, 2.24) is 0 Å². The van der Waals surface area contributed by atoms with Gasteiger partial charge in [0.1, 0.15) is 0 Å². The van der Waals surface area contributed by atoms with Crippen molar-refractivity contribution >= 4 is 78.0 Å². The van der Waals surface area contributed by atoms with Gasteiger partial charge in [-0.15, -0.1) is 11.3 Å². The fourth-order valence-corrected chi connectivity index (χ4v) is 16.0. The van der Waals surface area contributed by atoms with E-state index in [4.69, 9.17) is 0 Å². The van der Waals surface area contributed by atoms with Crippen molar-refractivity contribution in [3.05, 3.63) is 148 Å². The van der Waals surface area contributed by atoms with Crippen LogP contribution in [0.15, 0.2) is 109 Å². The minimum Gasteiger partial charge on any atom is -0.311 e. The molecule has 1 saturated carbocycles. The van der Waals surface area contributed by atoms with E-state index in [2.05, 4.69) is 220 Å². The molecule has 7 aromatic rings. The molecule has 2 aliphatic heterocycles. The molecule has 4 heteroatoms. The van der Waals surface area contributed by atoms with E-state index in [9.17, 15) is 0 Å². The molecule has 2 nitrogen and oxygen atoms in total. The molecule has 7 aliphatic rings. The van der Waals surface area contributed by atoms with Crippen LogP contribution in [-0.2, 0) is 37.9 Å². The molecule has 0 atom stereocenters. The van der Waals surface area contributed by atoms with Gasteiger partial charge < -0.3 is 9.80 Å². The lowest BCUT2D eigenvalue weighted by molar-refractivity contribution is 0.188. The number of nitrogens with zero attached hydrogens (tertiary/aromatic N) is 2. The molecular weight excluding hydrogens is 864 g/mol. The Bertz CT molecular complexity index is 3350. The van der Waals surface area contributed by atoms with E-state index in [1.807, 2.05) is 0 Å². The van der Waals surface area contributed by atoms with Crippen molar-refractivity contribution in [2.24, 2.45) is 0 Å². The van der Waals surface area contributed by atoms with Crippen LogP contribution in [0.25, 0.3) is 21.2 Å². The summed E-state index contributed by atoms with van der Waals surface area (Å²) < 4.78 is 1.45. The van der Waals surface area contributed by atoms with Crippen LogP contribution in [0.3, 0.4) is 0 Å². The lowest BCUT2D eigenvalue weighted by Crippen LogP contribution is -2.61. The normalized spacial score (nSPS) is 23.8. The molecule has 70 heavy (non-hydrogen) atoms. The Morgan fingerprint density at radius 3 is 1.57 bits per heavy atom. The van der Waals surface area contributed by atoms with E-state index in [1.165, 1.54) is 150 Å². The molecule has 0 amide bonds. The second-order valence-corrected chi connectivity index (χ2v) is 28.3. The molecule has 1 aromatic heterocycles. The van der Waals surface area contributed by atoms with Gasteiger partial charge in [0, 0.05) is 33.1 Å². The fraction of sp³-hybridized carbons (Fsp3) is 0.424. The van der Waals surface area contributed by atoms with Crippen molar-refractivity contribution in [1.29, 1.82) is 0 Å². The van der Waals surface area contributed by atoms with Crippen molar-refractivity contribution in [3.63, 3.8) is 0 Å². The maximum absolute atomic E-state index is 2.76. The number of hydrogen-bond donors (Lipinski definition) is 0. The monoisotopic (exact) mass is 937 g/mol. The Kier molecular flexibility index (Phi) is 9.19. The van der Waals surface area contributed by atoms with E-state index >= 15 is 0 Å². The minimum absolute atomic E-state index is 0.0489. The van der Waals surface area contributed by atoms with Gasteiger partial charge in [0.25, 0.3) is 6.71 Å². The summed E-state index contributed by atoms with van der Waals surface area (Å²) in [5.41, 5.74) is 24.9. The molecule has 0 saturated heterocycles. The van der Waals surface area contributed by atoms with Gasteiger partial charge in [-0.2, -0.15) is 0 Å². The molecular formula is C66H73BN2S. The Morgan fingerprint density at radius 1 is 0.443 bits per heavy atom. The van der Waals surface area contributed by atoms with Crippen LogP contribution in [0.2, 0.25) is 0 Å². The van der Waals surface area contributed by atoms with Crippen LogP contribution in [0.4, 0.5) is 33.4 Å². The number of rotatable bonds is 3. The Hall–Kier alpha value is -5.06. The van der Waals surface area contributed by atoms with E-state index < -0.39 is 0 Å². The van der Waals surface area contributed by atoms with Gasteiger partial charge in [-0.1, -0.05) is 145 Å². The second kappa shape index (κ2) is 14.3. The summed E-state index contributed by atoms with van der Waals surface area (Å²) in [7, 11) is 0. The van der Waals surface area contributed by atoms with Gasteiger partial charge in [0.05, 0.1) is 5.00 Å². The highest BCUT2D eigenvalue weighted by atomic mass is 32.1. The van der Waals surface area contributed by atoms with Gasteiger partial charge in [0.2, 0.25) is 0 Å². The predicted octanol–water partition coefficient (Wildman–Crippen LogP) is 16.7. The van der Waals surface area contributed by atoms with E-state index in [0.717, 1.165) is 0 Å². The smallest absolute Gasteiger partial charge is 0.254 e. The minimum atomic E-state index is 0.0489. The molecule has 0 spiro atoms. The molecule has 356 valence electrons. The fourth-order valence-electron chi connectivity index (χ4n) is 14.7. The Morgan fingerprint density at radius 2 is 0.971 bits per heavy atom. The number of anilines is 6. The summed E-state index contributed by atoms with van der Waals surface area (Å²) in [4.78, 5) is 5.45. The summed E-state index contributed by atoms with van der Waals surface area (Å²) in [6, 6.07) is 44.5. The van der Waals surface area contributed by atoms with Crippen LogP contribution < -0.4 is 26.2 Å². The van der Waals surface area contributed by atoms with Gasteiger partial charge >= 0.3 is 0 Å². The lowest BCUT2D eigenvalue weighted by atomic mass is 9.33. The maximum atomic E-state index is 2.76. The first kappa shape index (κ1) is 44.9. The molecule has 0 unspecified atom stereocenters. The SMILES string of the molecule is CC(C)(C)c1ccc(N2c3cc4c(cc3B3c5c2cc(-c2ccccc2)cc5N(c2ccc5c(c2)C(C)(C)CCC5(C)C)c2sc5cc6c(cc5c23)C2(C)CCC6(C)CC2)C(C)(C)CCC4(C)C)cc1. The highest BCUT2D eigenvalue weighted by molar-refractivity contribution is 7.26. The van der Waals surface area contributed by atoms with Crippen LogP contribution in [0, 0.1) is 0 Å². The number of benzene rings is 6. The maximum Gasteiger partial charge on any atom is 0.254 e. The van der Waals surface area contributed by atoms with Crippen molar-refractivity contribution in [2.45, 2.75) is 179 Å². The number of fused-ring (bicyclic) bond motifs is 10. The molecule has 0 radical (unpaired) electrons. The number of thiophene rings is 1. The van der Waals surface area contributed by atoms with Crippen molar-refractivity contribution < 1.29 is 0 Å². The predicted molar refractivity (Wildman–Crippen MR) is 304 cm³/mol. The lowest BCUT2D eigenvalue weighted by Gasteiger charge is -2.52. The van der Waals surface area contributed by atoms with Crippen LogP contribution in [-0.4, -0.2) is 6.71 Å². The molecule has 14 rings (SSSR count). The summed E-state index contributed by atoms with van der Waals surface area (Å²) >= 11 is 2.07. The van der Waals surface area contributed by atoms with Crippen LogP contribution >= 0.6 is 11.3 Å². The van der Waals surface area contributed by atoms with Gasteiger partial charge in [-0.05, 0) is 216 Å². The van der Waals surface area contributed by atoms with E-state index in [-0.39, 0.29) is 44.6 Å². The largest absolute Gasteiger partial charge is 0.311 e. The van der Waals surface area contributed by atoms with Crippen molar-refractivity contribution in [2.75, 3.05) is 9.80 Å². The molecule has 5 aliphatic carbocycles. The molecule has 3 heterocycles. The summed E-state index contributed by atoms with van der Waals surface area (Å²) in [5.74, 6) is 0. The van der Waals surface area contributed by atoms with Crippen LogP contribution in [0.5, 0.6) is 0 Å². The van der Waals surface area contributed by atoms with Gasteiger partial charge in [-0.3, -0.25) is 0 Å². The third-order valence-electron chi connectivity index (χ3n) is 19.7.